The number of nitrogens with zero attached hydrogens (tertiary/aromatic N) is 1. The Morgan fingerprint density at radius 2 is 2.06 bits per heavy atom. The second-order valence-electron chi connectivity index (χ2n) is 4.63. The number of rotatable bonds is 3. The van der Waals surface area contributed by atoms with Gasteiger partial charge in [-0.3, -0.25) is 4.99 Å². The van der Waals surface area contributed by atoms with E-state index in [4.69, 9.17) is 5.73 Å². The van der Waals surface area contributed by atoms with Crippen LogP contribution in [0.4, 0.5) is 14.5 Å². The van der Waals surface area contributed by atoms with Crippen LogP contribution in [0.3, 0.4) is 0 Å². The molecule has 18 heavy (non-hydrogen) atoms. The molecule has 3 nitrogen and oxygen atoms in total. The SMILES string of the molecule is NC(=NCC1CCCC1)Nc1cc(F)ccc1F. The van der Waals surface area contributed by atoms with Crippen LogP contribution < -0.4 is 11.1 Å². The van der Waals surface area contributed by atoms with Gasteiger partial charge in [-0.15, -0.1) is 0 Å². The molecule has 0 spiro atoms. The number of anilines is 1. The van der Waals surface area contributed by atoms with E-state index < -0.39 is 11.6 Å². The van der Waals surface area contributed by atoms with E-state index in [9.17, 15) is 8.78 Å². The third kappa shape index (κ3) is 3.42. The van der Waals surface area contributed by atoms with Gasteiger partial charge in [-0.2, -0.15) is 0 Å². The first-order valence-electron chi connectivity index (χ1n) is 6.17. The fourth-order valence-corrected chi connectivity index (χ4v) is 2.19. The predicted molar refractivity (Wildman–Crippen MR) is 68.4 cm³/mol. The van der Waals surface area contributed by atoms with Crippen LogP contribution in [0.25, 0.3) is 0 Å². The van der Waals surface area contributed by atoms with Crippen LogP contribution in [0.1, 0.15) is 25.7 Å². The molecule has 0 aromatic heterocycles. The molecule has 1 fully saturated rings. The van der Waals surface area contributed by atoms with E-state index in [0.717, 1.165) is 18.2 Å². The van der Waals surface area contributed by atoms with Gasteiger partial charge in [0.15, 0.2) is 5.96 Å². The molecule has 0 amide bonds. The zero-order chi connectivity index (χ0) is 13.0. The smallest absolute Gasteiger partial charge is 0.193 e. The lowest BCUT2D eigenvalue weighted by atomic mass is 10.1. The molecular weight excluding hydrogens is 236 g/mol. The van der Waals surface area contributed by atoms with E-state index in [-0.39, 0.29) is 11.6 Å². The highest BCUT2D eigenvalue weighted by Crippen LogP contribution is 2.24. The number of nitrogens with one attached hydrogen (secondary N) is 1. The van der Waals surface area contributed by atoms with Crippen molar-refractivity contribution < 1.29 is 8.78 Å². The summed E-state index contributed by atoms with van der Waals surface area (Å²) < 4.78 is 26.3. The van der Waals surface area contributed by atoms with Crippen molar-refractivity contribution in [1.29, 1.82) is 0 Å². The molecule has 0 heterocycles. The number of nitrogens with two attached hydrogens (primary N) is 1. The van der Waals surface area contributed by atoms with Crippen molar-refractivity contribution >= 4 is 11.6 Å². The van der Waals surface area contributed by atoms with Gasteiger partial charge in [0, 0.05) is 12.6 Å². The van der Waals surface area contributed by atoms with Gasteiger partial charge in [-0.1, -0.05) is 12.8 Å². The highest BCUT2D eigenvalue weighted by atomic mass is 19.1. The van der Waals surface area contributed by atoms with Crippen LogP contribution in [0, 0.1) is 17.6 Å². The maximum atomic E-state index is 13.3. The van der Waals surface area contributed by atoms with E-state index in [2.05, 4.69) is 10.3 Å². The molecule has 0 atom stereocenters. The van der Waals surface area contributed by atoms with Gasteiger partial charge in [0.2, 0.25) is 0 Å². The summed E-state index contributed by atoms with van der Waals surface area (Å²) in [6.45, 7) is 0.649. The lowest BCUT2D eigenvalue weighted by Gasteiger charge is -2.09. The van der Waals surface area contributed by atoms with Crippen LogP contribution in [-0.4, -0.2) is 12.5 Å². The van der Waals surface area contributed by atoms with Crippen LogP contribution in [-0.2, 0) is 0 Å². The minimum atomic E-state index is -0.546. The van der Waals surface area contributed by atoms with Gasteiger partial charge in [-0.25, -0.2) is 8.78 Å². The largest absolute Gasteiger partial charge is 0.370 e. The van der Waals surface area contributed by atoms with E-state index in [1.165, 1.54) is 25.7 Å². The number of aliphatic imine (C=N–C) groups is 1. The number of guanidine groups is 1. The monoisotopic (exact) mass is 253 g/mol. The first kappa shape index (κ1) is 12.8. The molecule has 0 unspecified atom stereocenters. The summed E-state index contributed by atoms with van der Waals surface area (Å²) in [6, 6.07) is 3.18. The minimum Gasteiger partial charge on any atom is -0.370 e. The van der Waals surface area contributed by atoms with Crippen LogP contribution >= 0.6 is 0 Å². The zero-order valence-electron chi connectivity index (χ0n) is 10.1. The molecule has 0 bridgehead atoms. The van der Waals surface area contributed by atoms with Crippen molar-refractivity contribution in [2.45, 2.75) is 25.7 Å². The maximum absolute atomic E-state index is 13.3. The average molecular weight is 253 g/mol. The van der Waals surface area contributed by atoms with Crippen molar-refractivity contribution in [3.8, 4) is 0 Å². The van der Waals surface area contributed by atoms with E-state index >= 15 is 0 Å². The Kier molecular flexibility index (Phi) is 4.12. The van der Waals surface area contributed by atoms with Gasteiger partial charge in [0.05, 0.1) is 5.69 Å². The molecule has 1 aromatic rings. The first-order chi connectivity index (χ1) is 8.65. The van der Waals surface area contributed by atoms with E-state index in [1.807, 2.05) is 0 Å². The Balaban J connectivity index is 1.94. The molecular formula is C13H17F2N3. The molecule has 1 saturated carbocycles. The number of hydrogen-bond acceptors (Lipinski definition) is 1. The van der Waals surface area contributed by atoms with Crippen LogP contribution in [0.15, 0.2) is 23.2 Å². The molecule has 1 aromatic carbocycles. The Morgan fingerprint density at radius 1 is 1.33 bits per heavy atom. The molecule has 5 heteroatoms. The summed E-state index contributed by atoms with van der Waals surface area (Å²) in [4.78, 5) is 4.17. The van der Waals surface area contributed by atoms with E-state index in [1.54, 1.807) is 0 Å². The summed E-state index contributed by atoms with van der Waals surface area (Å²) >= 11 is 0. The van der Waals surface area contributed by atoms with E-state index in [0.29, 0.717) is 12.5 Å². The topological polar surface area (TPSA) is 50.4 Å². The number of halogens is 2. The Hall–Kier alpha value is -1.65. The third-order valence-corrected chi connectivity index (χ3v) is 3.19. The fourth-order valence-electron chi connectivity index (χ4n) is 2.19. The number of benzene rings is 1. The van der Waals surface area contributed by atoms with Gasteiger partial charge in [0.25, 0.3) is 0 Å². The fraction of sp³-hybridized carbons (Fsp3) is 0.462. The van der Waals surface area contributed by atoms with Crippen LogP contribution in [0.2, 0.25) is 0 Å². The molecule has 1 aliphatic rings. The molecule has 1 aliphatic carbocycles. The predicted octanol–water partition coefficient (Wildman–Crippen LogP) is 2.88. The third-order valence-electron chi connectivity index (χ3n) is 3.19. The Morgan fingerprint density at radius 3 is 2.78 bits per heavy atom. The van der Waals surface area contributed by atoms with Crippen LogP contribution in [0.5, 0.6) is 0 Å². The van der Waals surface area contributed by atoms with Gasteiger partial charge in [-0.05, 0) is 30.9 Å². The number of hydrogen-bond donors (Lipinski definition) is 2. The van der Waals surface area contributed by atoms with Crippen molar-refractivity contribution in [2.75, 3.05) is 11.9 Å². The zero-order valence-corrected chi connectivity index (χ0v) is 10.1. The lowest BCUT2D eigenvalue weighted by molar-refractivity contribution is 0.563. The van der Waals surface area contributed by atoms with Crippen molar-refractivity contribution in [3.05, 3.63) is 29.8 Å². The molecule has 0 saturated heterocycles. The Bertz CT molecular complexity index is 440. The summed E-state index contributed by atoms with van der Waals surface area (Å²) in [5.41, 5.74) is 5.67. The minimum absolute atomic E-state index is 0.0164. The van der Waals surface area contributed by atoms with Gasteiger partial charge < -0.3 is 11.1 Å². The van der Waals surface area contributed by atoms with Crippen molar-refractivity contribution in [2.24, 2.45) is 16.6 Å². The molecule has 98 valence electrons. The molecule has 3 N–H and O–H groups in total. The summed E-state index contributed by atoms with van der Waals surface area (Å²) in [6.07, 6.45) is 4.83. The molecule has 2 rings (SSSR count). The maximum Gasteiger partial charge on any atom is 0.193 e. The average Bonchev–Trinajstić information content (AvgIpc) is 2.84. The summed E-state index contributed by atoms with van der Waals surface area (Å²) in [7, 11) is 0. The Labute approximate surface area is 105 Å². The second kappa shape index (κ2) is 5.80. The quantitative estimate of drug-likeness (QED) is 0.643. The lowest BCUT2D eigenvalue weighted by Crippen LogP contribution is -2.24. The summed E-state index contributed by atoms with van der Waals surface area (Å²) in [5.74, 6) is -0.355. The van der Waals surface area contributed by atoms with Crippen molar-refractivity contribution in [1.82, 2.24) is 0 Å². The summed E-state index contributed by atoms with van der Waals surface area (Å²) in [5, 5.41) is 2.59. The normalized spacial score (nSPS) is 17.1. The molecule has 0 aliphatic heterocycles. The van der Waals surface area contributed by atoms with Crippen molar-refractivity contribution in [3.63, 3.8) is 0 Å². The standard InChI is InChI=1S/C13H17F2N3/c14-10-5-6-11(15)12(7-10)18-13(16)17-8-9-3-1-2-4-9/h5-7,9H,1-4,8H2,(H3,16,17,18). The molecule has 0 radical (unpaired) electrons. The van der Waals surface area contributed by atoms with Gasteiger partial charge in [0.1, 0.15) is 11.6 Å². The van der Waals surface area contributed by atoms with Gasteiger partial charge >= 0.3 is 0 Å². The highest BCUT2D eigenvalue weighted by Gasteiger charge is 2.14. The highest BCUT2D eigenvalue weighted by molar-refractivity contribution is 5.92. The first-order valence-corrected chi connectivity index (χ1v) is 6.17. The second-order valence-corrected chi connectivity index (χ2v) is 4.63.